The van der Waals surface area contributed by atoms with Gasteiger partial charge in [-0.25, -0.2) is 9.38 Å². The van der Waals surface area contributed by atoms with Gasteiger partial charge in [0.1, 0.15) is 24.1 Å². The summed E-state index contributed by atoms with van der Waals surface area (Å²) in [5.74, 6) is 0.852. The normalized spacial score (nSPS) is 28.6. The molecule has 0 amide bonds. The van der Waals surface area contributed by atoms with Gasteiger partial charge in [0.15, 0.2) is 22.1 Å². The van der Waals surface area contributed by atoms with E-state index in [1.54, 1.807) is 13.3 Å². The molecule has 2 aliphatic heterocycles. The summed E-state index contributed by atoms with van der Waals surface area (Å²) >= 11 is 3.30. The van der Waals surface area contributed by atoms with Crippen LogP contribution in [0.15, 0.2) is 33.9 Å². The molecule has 4 aromatic rings. The van der Waals surface area contributed by atoms with Crippen LogP contribution >= 0.6 is 23.8 Å². The molecule has 0 bridgehead atoms. The number of aromatic nitrogens is 5. The van der Waals surface area contributed by atoms with Crippen molar-refractivity contribution in [2.75, 3.05) is 13.7 Å². The lowest BCUT2D eigenvalue weighted by Crippen LogP contribution is -2.41. The number of halogens is 1. The predicted molar refractivity (Wildman–Crippen MR) is 123 cm³/mol. The third kappa shape index (κ3) is 3.56. The maximum Gasteiger partial charge on any atom is 1.00 e. The summed E-state index contributed by atoms with van der Waals surface area (Å²) in [4.78, 5) is 37.0. The summed E-state index contributed by atoms with van der Waals surface area (Å²) < 4.78 is 35.5. The van der Waals surface area contributed by atoms with E-state index in [9.17, 15) is 19.4 Å². The summed E-state index contributed by atoms with van der Waals surface area (Å²) in [5.41, 5.74) is 2.05. The van der Waals surface area contributed by atoms with Gasteiger partial charge in [0.2, 0.25) is 5.78 Å². The number of nitrogens with zero attached hydrogens (tertiary/aromatic N) is 4. The molecule has 15 heteroatoms. The number of phosphoric acid groups is 1. The first-order chi connectivity index (χ1) is 16.7. The van der Waals surface area contributed by atoms with Gasteiger partial charge in [-0.2, -0.15) is 4.98 Å². The molecule has 3 aromatic heterocycles. The van der Waals surface area contributed by atoms with Crippen LogP contribution in [0.4, 0.5) is 0 Å². The molecule has 13 nitrogen and oxygen atoms in total. The van der Waals surface area contributed by atoms with Gasteiger partial charge in [0, 0.05) is 11.8 Å². The van der Waals surface area contributed by atoms with Gasteiger partial charge in [-0.15, -0.1) is 0 Å². The highest BCUT2D eigenvalue weighted by Gasteiger charge is 2.51. The number of rotatable bonds is 3. The Kier molecular flexibility index (Phi) is 5.20. The smallest absolute Gasteiger partial charge is 0.756 e. The van der Waals surface area contributed by atoms with Gasteiger partial charge >= 0.3 is 1.43 Å². The maximum atomic E-state index is 13.3. The molecule has 0 saturated carbocycles. The number of imidazole rings is 2. The number of H-pyrrole nitrogens is 1. The van der Waals surface area contributed by atoms with Crippen molar-refractivity contribution < 1.29 is 34.5 Å². The van der Waals surface area contributed by atoms with Gasteiger partial charge in [-0.3, -0.25) is 13.9 Å². The Morgan fingerprint density at radius 2 is 2.20 bits per heavy atom. The Labute approximate surface area is 206 Å². The molecule has 6 rings (SSSR count). The Morgan fingerprint density at radius 1 is 1.40 bits per heavy atom. The fraction of sp³-hybridized carbons (Fsp3) is 0.350. The number of hydrogen-bond acceptors (Lipinski definition) is 10. The number of aromatic amines is 1. The molecular formula is C20H19BrN5O8P. The number of aliphatic hydroxyl groups is 1. The highest BCUT2D eigenvalue weighted by molar-refractivity contribution is 9.10. The molecule has 0 aliphatic carbocycles. The van der Waals surface area contributed by atoms with Crippen LogP contribution in [0.5, 0.6) is 5.75 Å². The largest absolute Gasteiger partial charge is 1.00 e. The number of ether oxygens (including phenoxy) is 2. The third-order valence-corrected chi connectivity index (χ3v) is 7.59. The van der Waals surface area contributed by atoms with Crippen LogP contribution in [0, 0.1) is 6.92 Å². The van der Waals surface area contributed by atoms with Crippen LogP contribution in [0.3, 0.4) is 0 Å². The van der Waals surface area contributed by atoms with Crippen molar-refractivity contribution in [3.8, 4) is 17.0 Å². The second-order valence-corrected chi connectivity index (χ2v) is 10.3. The lowest BCUT2D eigenvalue weighted by atomic mass is 10.1. The fourth-order valence-electron chi connectivity index (χ4n) is 4.43. The Balaban J connectivity index is 0.00000267. The van der Waals surface area contributed by atoms with E-state index in [1.165, 1.54) is 8.97 Å². The number of nitrogens with one attached hydrogen (secondary N) is 1. The molecule has 2 saturated heterocycles. The number of methoxy groups -OCH3 is 1. The zero-order valence-electron chi connectivity index (χ0n) is 19.2. The van der Waals surface area contributed by atoms with Crippen LogP contribution in [0.2, 0.25) is 0 Å². The van der Waals surface area contributed by atoms with Gasteiger partial charge in [-0.1, -0.05) is 6.07 Å². The summed E-state index contributed by atoms with van der Waals surface area (Å²) in [5, 5.41) is 10.8. The van der Waals surface area contributed by atoms with Crippen molar-refractivity contribution in [1.82, 2.24) is 23.9 Å². The van der Waals surface area contributed by atoms with Crippen LogP contribution in [0.1, 0.15) is 13.2 Å². The van der Waals surface area contributed by atoms with E-state index in [2.05, 4.69) is 35.4 Å². The molecule has 5 heterocycles. The van der Waals surface area contributed by atoms with Crippen molar-refractivity contribution in [3.63, 3.8) is 0 Å². The molecule has 2 N–H and O–H groups in total. The lowest BCUT2D eigenvalue weighted by molar-refractivity contribution is -0.245. The average Bonchev–Trinajstić information content (AvgIpc) is 3.47. The van der Waals surface area contributed by atoms with Crippen molar-refractivity contribution in [3.05, 3.63) is 45.0 Å². The van der Waals surface area contributed by atoms with E-state index < -0.39 is 37.9 Å². The monoisotopic (exact) mass is 567 g/mol. The minimum atomic E-state index is -4.55. The lowest BCUT2D eigenvalue weighted by Gasteiger charge is -2.34. The predicted octanol–water partition coefficient (Wildman–Crippen LogP) is 1.37. The number of aryl methyl sites for hydroxylation is 1. The van der Waals surface area contributed by atoms with Crippen LogP contribution in [-0.2, 0) is 18.3 Å². The van der Waals surface area contributed by atoms with Crippen molar-refractivity contribution in [2.45, 2.75) is 31.5 Å². The summed E-state index contributed by atoms with van der Waals surface area (Å²) in [7, 11) is -2.98. The van der Waals surface area contributed by atoms with Gasteiger partial charge < -0.3 is 33.5 Å². The zero-order valence-corrected chi connectivity index (χ0v) is 20.7. The van der Waals surface area contributed by atoms with Crippen LogP contribution in [0.25, 0.3) is 28.2 Å². The Morgan fingerprint density at radius 3 is 2.97 bits per heavy atom. The molecule has 0 radical (unpaired) electrons. The molecule has 2 fully saturated rings. The number of fused-ring (bicyclic) bond motifs is 3. The minimum Gasteiger partial charge on any atom is -0.756 e. The van der Waals surface area contributed by atoms with Gasteiger partial charge in [0.05, 0.1) is 19.4 Å². The fourth-order valence-corrected chi connectivity index (χ4v) is 5.92. The van der Waals surface area contributed by atoms with E-state index in [-0.39, 0.29) is 29.7 Å². The second-order valence-electron chi connectivity index (χ2n) is 8.27. The minimum absolute atomic E-state index is 0. The number of aliphatic hydroxyl groups excluding tert-OH is 1. The van der Waals surface area contributed by atoms with E-state index in [0.29, 0.717) is 11.4 Å². The van der Waals surface area contributed by atoms with Crippen LogP contribution in [-0.4, -0.2) is 61.1 Å². The number of benzene rings is 1. The summed E-state index contributed by atoms with van der Waals surface area (Å²) in [6.45, 7) is 1.64. The highest BCUT2D eigenvalue weighted by Crippen LogP contribution is 2.50. The van der Waals surface area contributed by atoms with Crippen molar-refractivity contribution >= 4 is 40.7 Å². The Bertz CT molecular complexity index is 1600. The maximum absolute atomic E-state index is 13.3. The molecular weight excluding hydrogens is 549 g/mol. The first-order valence-corrected chi connectivity index (χ1v) is 12.7. The highest BCUT2D eigenvalue weighted by atomic mass is 79.9. The SMILES string of the molecule is COc1cc(C)ccc1-c1cn2c(=O)c3nc(Br)n([C@@H]4OC5COP(=O)([O-])O[C@H]5C4O)c3nc2[nH]1.[H+]. The van der Waals surface area contributed by atoms with E-state index >= 15 is 0 Å². The first-order valence-electron chi connectivity index (χ1n) is 10.5. The van der Waals surface area contributed by atoms with Crippen LogP contribution < -0.4 is 15.2 Å². The second kappa shape index (κ2) is 7.96. The number of phosphoric ester groups is 1. The van der Waals surface area contributed by atoms with E-state index in [4.69, 9.17) is 14.0 Å². The van der Waals surface area contributed by atoms with E-state index in [1.807, 2.05) is 25.1 Å². The topological polar surface area (TPSA) is 165 Å². The third-order valence-electron chi connectivity index (χ3n) is 6.07. The molecule has 2 aliphatic rings. The van der Waals surface area contributed by atoms with Crippen molar-refractivity contribution in [2.24, 2.45) is 0 Å². The molecule has 5 atom stereocenters. The molecule has 3 unspecified atom stereocenters. The van der Waals surface area contributed by atoms with Gasteiger partial charge in [-0.05, 0) is 40.5 Å². The average molecular weight is 568 g/mol. The first kappa shape index (κ1) is 22.9. The quantitative estimate of drug-likeness (QED) is 0.272. The molecule has 1 aromatic carbocycles. The zero-order chi connectivity index (χ0) is 24.6. The standard InChI is InChI=1S/C20H19BrN5O8P/c1-8-3-4-9(11(5-8)31-2)10-6-25-17(28)13-16(24-20(25)22-10)26(19(21)23-13)18-14(27)15-12(33-18)7-32-35(29,30)34-15/h3-6,12,14-15,18,27H,7H2,1-2H3,(H,22,24)(H,29,30)/t12?,14?,15-,18-/m1/s1. The molecule has 0 spiro atoms. The summed E-state index contributed by atoms with van der Waals surface area (Å²) in [6.07, 6.45) is -2.93. The molecule has 35 heavy (non-hydrogen) atoms. The van der Waals surface area contributed by atoms with Gasteiger partial charge in [0.25, 0.3) is 13.4 Å². The molecule has 184 valence electrons. The van der Waals surface area contributed by atoms with E-state index in [0.717, 1.165) is 11.1 Å². The number of hydrogen-bond donors (Lipinski definition) is 2. The van der Waals surface area contributed by atoms with Crippen molar-refractivity contribution in [1.29, 1.82) is 0 Å². The summed E-state index contributed by atoms with van der Waals surface area (Å²) in [6, 6.07) is 5.68. The Hall–Kier alpha value is -2.58.